The predicted octanol–water partition coefficient (Wildman–Crippen LogP) is 0.697. The molecule has 2 N–H and O–H groups in total. The van der Waals surface area contributed by atoms with E-state index in [1.54, 1.807) is 6.07 Å². The van der Waals surface area contributed by atoms with E-state index in [2.05, 4.69) is 0 Å². The van der Waals surface area contributed by atoms with E-state index in [0.717, 1.165) is 6.42 Å². The Morgan fingerprint density at radius 3 is 2.91 bits per heavy atom. The lowest BCUT2D eigenvalue weighted by atomic mass is 9.97. The highest BCUT2D eigenvalue weighted by molar-refractivity contribution is 5.81. The second kappa shape index (κ2) is 6.88. The number of likely N-dealkylation sites (tertiary alicyclic amines) is 1. The fourth-order valence-corrected chi connectivity index (χ4v) is 2.36. The van der Waals surface area contributed by atoms with Gasteiger partial charge in [0.25, 0.3) is 11.6 Å². The molecule has 0 spiro atoms. The molecule has 1 heterocycles. The molecule has 1 aliphatic heterocycles. The van der Waals surface area contributed by atoms with Crippen LogP contribution in [-0.2, 0) is 9.59 Å². The zero-order valence-electron chi connectivity index (χ0n) is 11.9. The summed E-state index contributed by atoms with van der Waals surface area (Å²) in [7, 11) is 0. The van der Waals surface area contributed by atoms with Gasteiger partial charge in [0.05, 0.1) is 16.9 Å². The Kier molecular flexibility index (Phi) is 4.92. The maximum Gasteiger partial charge on any atom is 0.273 e. The fourth-order valence-electron chi connectivity index (χ4n) is 2.36. The Balaban J connectivity index is 1.91. The zero-order chi connectivity index (χ0) is 16.1. The molecule has 8 heteroatoms. The number of nitrogens with two attached hydrogens (primary N) is 1. The second-order valence-electron chi connectivity index (χ2n) is 5.12. The van der Waals surface area contributed by atoms with Crippen LogP contribution in [0.1, 0.15) is 12.8 Å². The number of piperidine rings is 1. The van der Waals surface area contributed by atoms with Crippen LogP contribution in [-0.4, -0.2) is 41.3 Å². The highest BCUT2D eigenvalue weighted by atomic mass is 16.6. The van der Waals surface area contributed by atoms with E-state index < -0.39 is 10.8 Å². The van der Waals surface area contributed by atoms with Crippen LogP contribution in [0.3, 0.4) is 0 Å². The molecule has 0 aromatic heterocycles. The first-order chi connectivity index (χ1) is 10.5. The zero-order valence-corrected chi connectivity index (χ0v) is 11.9. The molecule has 1 aromatic rings. The molecule has 1 aromatic carbocycles. The minimum atomic E-state index is -0.531. The fraction of sp³-hybridized carbons (Fsp3) is 0.429. The van der Waals surface area contributed by atoms with Gasteiger partial charge in [-0.25, -0.2) is 0 Å². The van der Waals surface area contributed by atoms with Crippen LogP contribution in [0.5, 0.6) is 5.75 Å². The molecule has 22 heavy (non-hydrogen) atoms. The lowest BCUT2D eigenvalue weighted by molar-refractivity contribution is -0.384. The van der Waals surface area contributed by atoms with Gasteiger partial charge in [-0.05, 0) is 18.9 Å². The third-order valence-corrected chi connectivity index (χ3v) is 3.57. The monoisotopic (exact) mass is 307 g/mol. The summed E-state index contributed by atoms with van der Waals surface area (Å²) in [4.78, 5) is 34.9. The molecule has 0 radical (unpaired) electrons. The van der Waals surface area contributed by atoms with Crippen LogP contribution in [0, 0.1) is 16.0 Å². The number of primary amides is 1. The Morgan fingerprint density at radius 2 is 2.23 bits per heavy atom. The quantitative estimate of drug-likeness (QED) is 0.635. The summed E-state index contributed by atoms with van der Waals surface area (Å²) in [5.41, 5.74) is 5.17. The topological polar surface area (TPSA) is 116 Å². The van der Waals surface area contributed by atoms with Crippen molar-refractivity contribution in [1.29, 1.82) is 0 Å². The van der Waals surface area contributed by atoms with Gasteiger partial charge in [-0.2, -0.15) is 0 Å². The van der Waals surface area contributed by atoms with Gasteiger partial charge in [0.1, 0.15) is 5.75 Å². The number of non-ortho nitro benzene ring substituents is 1. The highest BCUT2D eigenvalue weighted by Gasteiger charge is 2.27. The lowest BCUT2D eigenvalue weighted by Gasteiger charge is -2.31. The molecule has 0 bridgehead atoms. The van der Waals surface area contributed by atoms with Crippen molar-refractivity contribution in [3.8, 4) is 5.75 Å². The van der Waals surface area contributed by atoms with Gasteiger partial charge in [-0.1, -0.05) is 6.07 Å². The van der Waals surface area contributed by atoms with E-state index in [9.17, 15) is 19.7 Å². The minimum absolute atomic E-state index is 0.100. The molecule has 2 rings (SSSR count). The Hall–Kier alpha value is -2.64. The van der Waals surface area contributed by atoms with Crippen molar-refractivity contribution in [2.24, 2.45) is 11.7 Å². The van der Waals surface area contributed by atoms with Crippen molar-refractivity contribution in [1.82, 2.24) is 4.90 Å². The van der Waals surface area contributed by atoms with Gasteiger partial charge in [0.2, 0.25) is 5.91 Å². The Labute approximate surface area is 127 Å². The summed E-state index contributed by atoms with van der Waals surface area (Å²) in [5.74, 6) is -0.740. The van der Waals surface area contributed by atoms with E-state index in [1.807, 2.05) is 0 Å². The maximum absolute atomic E-state index is 12.1. The summed E-state index contributed by atoms with van der Waals surface area (Å²) in [6.45, 7) is 0.625. The first kappa shape index (κ1) is 15.7. The molecule has 8 nitrogen and oxygen atoms in total. The number of benzene rings is 1. The number of carbonyl (C=O) groups excluding carboxylic acids is 2. The summed E-state index contributed by atoms with van der Waals surface area (Å²) in [5, 5.41) is 10.7. The standard InChI is InChI=1S/C14H17N3O5/c15-14(19)10-3-2-6-16(8-10)13(18)9-22-12-5-1-4-11(7-12)17(20)21/h1,4-5,7,10H,2-3,6,8-9H2,(H2,15,19). The molecular formula is C14H17N3O5. The van der Waals surface area contributed by atoms with Crippen molar-refractivity contribution in [2.45, 2.75) is 12.8 Å². The number of nitro groups is 1. The number of hydrogen-bond donors (Lipinski definition) is 1. The van der Waals surface area contributed by atoms with Gasteiger partial charge in [-0.15, -0.1) is 0 Å². The Morgan fingerprint density at radius 1 is 1.45 bits per heavy atom. The predicted molar refractivity (Wildman–Crippen MR) is 77.1 cm³/mol. The Bertz CT molecular complexity index is 590. The maximum atomic E-state index is 12.1. The summed E-state index contributed by atoms with van der Waals surface area (Å²) in [6.07, 6.45) is 1.40. The van der Waals surface area contributed by atoms with E-state index >= 15 is 0 Å². The molecule has 118 valence electrons. The molecular weight excluding hydrogens is 290 g/mol. The highest BCUT2D eigenvalue weighted by Crippen LogP contribution is 2.20. The first-order valence-electron chi connectivity index (χ1n) is 6.91. The molecule has 1 atom stereocenters. The molecule has 1 saturated heterocycles. The third kappa shape index (κ3) is 3.94. The second-order valence-corrected chi connectivity index (χ2v) is 5.12. The van der Waals surface area contributed by atoms with Crippen molar-refractivity contribution >= 4 is 17.5 Å². The summed E-state index contributed by atoms with van der Waals surface area (Å²) < 4.78 is 5.30. The lowest BCUT2D eigenvalue weighted by Crippen LogP contribution is -2.45. The van der Waals surface area contributed by atoms with E-state index in [-0.39, 0.29) is 29.9 Å². The van der Waals surface area contributed by atoms with Gasteiger partial charge < -0.3 is 15.4 Å². The van der Waals surface area contributed by atoms with Gasteiger partial charge in [-0.3, -0.25) is 19.7 Å². The molecule has 0 saturated carbocycles. The van der Waals surface area contributed by atoms with Crippen molar-refractivity contribution in [3.63, 3.8) is 0 Å². The molecule has 1 aliphatic rings. The van der Waals surface area contributed by atoms with Crippen molar-refractivity contribution < 1.29 is 19.2 Å². The van der Waals surface area contributed by atoms with Crippen LogP contribution in [0.25, 0.3) is 0 Å². The number of amides is 2. The number of nitrogens with zero attached hydrogens (tertiary/aromatic N) is 2. The van der Waals surface area contributed by atoms with Crippen molar-refractivity contribution in [2.75, 3.05) is 19.7 Å². The third-order valence-electron chi connectivity index (χ3n) is 3.57. The van der Waals surface area contributed by atoms with Crippen LogP contribution in [0.2, 0.25) is 0 Å². The van der Waals surface area contributed by atoms with Crippen LogP contribution < -0.4 is 10.5 Å². The van der Waals surface area contributed by atoms with E-state index in [0.29, 0.717) is 19.5 Å². The smallest absolute Gasteiger partial charge is 0.273 e. The van der Waals surface area contributed by atoms with E-state index in [4.69, 9.17) is 10.5 Å². The molecule has 0 aliphatic carbocycles. The number of nitro benzene ring substituents is 1. The van der Waals surface area contributed by atoms with Gasteiger partial charge in [0.15, 0.2) is 6.61 Å². The number of carbonyl (C=O) groups is 2. The van der Waals surface area contributed by atoms with Crippen LogP contribution in [0.4, 0.5) is 5.69 Å². The normalized spacial score (nSPS) is 17.8. The average Bonchev–Trinajstić information content (AvgIpc) is 2.53. The summed E-state index contributed by atoms with van der Waals surface area (Å²) in [6, 6.07) is 5.64. The SMILES string of the molecule is NC(=O)C1CCCN(C(=O)COc2cccc([N+](=O)[O-])c2)C1. The minimum Gasteiger partial charge on any atom is -0.484 e. The van der Waals surface area contributed by atoms with Crippen LogP contribution in [0.15, 0.2) is 24.3 Å². The summed E-state index contributed by atoms with van der Waals surface area (Å²) >= 11 is 0. The van der Waals surface area contributed by atoms with Gasteiger partial charge >= 0.3 is 0 Å². The average molecular weight is 307 g/mol. The largest absolute Gasteiger partial charge is 0.484 e. The number of hydrogen-bond acceptors (Lipinski definition) is 5. The molecule has 2 amide bonds. The molecule has 1 unspecified atom stereocenters. The number of ether oxygens (including phenoxy) is 1. The van der Waals surface area contributed by atoms with Gasteiger partial charge in [0, 0.05) is 19.2 Å². The van der Waals surface area contributed by atoms with Crippen LogP contribution >= 0.6 is 0 Å². The number of rotatable bonds is 5. The first-order valence-corrected chi connectivity index (χ1v) is 6.91. The van der Waals surface area contributed by atoms with E-state index in [1.165, 1.54) is 23.1 Å². The van der Waals surface area contributed by atoms with Crippen molar-refractivity contribution in [3.05, 3.63) is 34.4 Å². The molecule has 1 fully saturated rings.